The van der Waals surface area contributed by atoms with Crippen LogP contribution in [0, 0.1) is 0 Å². The monoisotopic (exact) mass is 296 g/mol. The van der Waals surface area contributed by atoms with Crippen molar-refractivity contribution in [3.05, 3.63) is 0 Å². The summed E-state index contributed by atoms with van der Waals surface area (Å²) in [6.45, 7) is 1.61. The lowest BCUT2D eigenvalue weighted by atomic mass is 9.83. The highest BCUT2D eigenvalue weighted by Crippen LogP contribution is 2.27. The van der Waals surface area contributed by atoms with E-state index in [0.717, 1.165) is 64.5 Å². The van der Waals surface area contributed by atoms with E-state index in [1.54, 1.807) is 0 Å². The Morgan fingerprint density at radius 3 is 2.10 bits per heavy atom. The molecule has 0 aromatic carbocycles. The molecule has 2 rings (SSSR count). The van der Waals surface area contributed by atoms with Gasteiger partial charge in [-0.05, 0) is 32.1 Å². The molecule has 0 radical (unpaired) electrons. The first-order valence-corrected chi connectivity index (χ1v) is 8.23. The maximum Gasteiger partial charge on any atom is 0.318 e. The standard InChI is InChI=1S/C15H28N4O2/c16-13(18-21)15(9-5-2-1-3-6-10-15)17-14(20)19-11-7-4-8-12-19/h21H,1-12H2,(H2,16,18)(H,17,20). The normalized spacial score (nSPS) is 24.0. The SMILES string of the molecule is NC(=NO)C1(NC(=O)N2CCCCC2)CCCCCCC1. The summed E-state index contributed by atoms with van der Waals surface area (Å²) in [6.07, 6.45) is 10.3. The Balaban J connectivity index is 2.08. The number of nitrogens with zero attached hydrogens (tertiary/aromatic N) is 2. The quantitative estimate of drug-likeness (QED) is 0.316. The van der Waals surface area contributed by atoms with Gasteiger partial charge < -0.3 is 21.2 Å². The number of likely N-dealkylation sites (tertiary alicyclic amines) is 1. The molecule has 1 aliphatic heterocycles. The molecular weight excluding hydrogens is 268 g/mol. The number of rotatable bonds is 2. The summed E-state index contributed by atoms with van der Waals surface area (Å²) >= 11 is 0. The number of amidine groups is 1. The van der Waals surface area contributed by atoms with Crippen molar-refractivity contribution in [3.63, 3.8) is 0 Å². The van der Waals surface area contributed by atoms with Gasteiger partial charge in [0.15, 0.2) is 5.84 Å². The van der Waals surface area contributed by atoms with Crippen molar-refractivity contribution in [1.29, 1.82) is 0 Å². The minimum atomic E-state index is -0.677. The highest BCUT2D eigenvalue weighted by atomic mass is 16.4. The molecule has 6 heteroatoms. The Labute approximate surface area is 126 Å². The smallest absolute Gasteiger partial charge is 0.318 e. The summed E-state index contributed by atoms with van der Waals surface area (Å²) in [5, 5.41) is 15.4. The van der Waals surface area contributed by atoms with Gasteiger partial charge >= 0.3 is 6.03 Å². The van der Waals surface area contributed by atoms with Crippen LogP contribution >= 0.6 is 0 Å². The molecule has 21 heavy (non-hydrogen) atoms. The van der Waals surface area contributed by atoms with Crippen molar-refractivity contribution >= 4 is 11.9 Å². The van der Waals surface area contributed by atoms with E-state index < -0.39 is 5.54 Å². The van der Waals surface area contributed by atoms with Gasteiger partial charge in [-0.2, -0.15) is 0 Å². The zero-order valence-electron chi connectivity index (χ0n) is 12.8. The second-order valence-corrected chi connectivity index (χ2v) is 6.31. The van der Waals surface area contributed by atoms with Gasteiger partial charge in [-0.1, -0.05) is 37.3 Å². The Bertz CT molecular complexity index is 370. The number of nitrogens with two attached hydrogens (primary N) is 1. The molecule has 1 heterocycles. The first-order chi connectivity index (χ1) is 10.2. The van der Waals surface area contributed by atoms with E-state index >= 15 is 0 Å². The molecule has 120 valence electrons. The van der Waals surface area contributed by atoms with E-state index in [1.165, 1.54) is 12.8 Å². The number of carbonyl (C=O) groups excluding carboxylic acids is 1. The second-order valence-electron chi connectivity index (χ2n) is 6.31. The number of carbonyl (C=O) groups is 1. The van der Waals surface area contributed by atoms with Crippen LogP contribution in [0.15, 0.2) is 5.16 Å². The maximum atomic E-state index is 12.5. The zero-order valence-corrected chi connectivity index (χ0v) is 12.8. The van der Waals surface area contributed by atoms with Crippen LogP contribution in [0.25, 0.3) is 0 Å². The van der Waals surface area contributed by atoms with Gasteiger partial charge in [0, 0.05) is 13.1 Å². The molecule has 0 aromatic heterocycles. The largest absolute Gasteiger partial charge is 0.409 e. The van der Waals surface area contributed by atoms with Crippen LogP contribution in [0.1, 0.15) is 64.2 Å². The summed E-state index contributed by atoms with van der Waals surface area (Å²) < 4.78 is 0. The number of hydrogen-bond donors (Lipinski definition) is 3. The minimum absolute atomic E-state index is 0.0677. The van der Waals surface area contributed by atoms with Crippen LogP contribution in [0.2, 0.25) is 0 Å². The van der Waals surface area contributed by atoms with Gasteiger partial charge in [-0.15, -0.1) is 0 Å². The fourth-order valence-corrected chi connectivity index (χ4v) is 3.43. The number of oxime groups is 1. The molecule has 6 nitrogen and oxygen atoms in total. The van der Waals surface area contributed by atoms with Crippen LogP contribution in [0.5, 0.6) is 0 Å². The molecule has 0 atom stereocenters. The first kappa shape index (κ1) is 15.9. The summed E-state index contributed by atoms with van der Waals surface area (Å²) in [5.41, 5.74) is 5.27. The molecule has 1 saturated carbocycles. The average molecular weight is 296 g/mol. The predicted octanol–water partition coefficient (Wildman–Crippen LogP) is 2.41. The third-order valence-corrected chi connectivity index (χ3v) is 4.79. The highest BCUT2D eigenvalue weighted by Gasteiger charge is 2.37. The Hall–Kier alpha value is -1.46. The third kappa shape index (κ3) is 4.02. The maximum absolute atomic E-state index is 12.5. The summed E-state index contributed by atoms with van der Waals surface area (Å²) in [7, 11) is 0. The Morgan fingerprint density at radius 1 is 1.00 bits per heavy atom. The fourth-order valence-electron chi connectivity index (χ4n) is 3.43. The van der Waals surface area contributed by atoms with Crippen LogP contribution in [-0.4, -0.2) is 40.6 Å². The van der Waals surface area contributed by atoms with E-state index in [-0.39, 0.29) is 11.9 Å². The molecule has 0 aromatic rings. The Morgan fingerprint density at radius 2 is 1.52 bits per heavy atom. The summed E-state index contributed by atoms with van der Waals surface area (Å²) in [5.74, 6) is 0.148. The lowest BCUT2D eigenvalue weighted by Crippen LogP contribution is -2.60. The third-order valence-electron chi connectivity index (χ3n) is 4.79. The van der Waals surface area contributed by atoms with E-state index in [4.69, 9.17) is 10.9 Å². The fraction of sp³-hybridized carbons (Fsp3) is 0.867. The molecule has 1 aliphatic carbocycles. The van der Waals surface area contributed by atoms with Crippen LogP contribution in [0.3, 0.4) is 0 Å². The molecule has 1 saturated heterocycles. The van der Waals surface area contributed by atoms with Crippen LogP contribution in [0.4, 0.5) is 4.79 Å². The van der Waals surface area contributed by atoms with Crippen molar-refractivity contribution < 1.29 is 10.0 Å². The molecule has 2 amide bonds. The predicted molar refractivity (Wildman–Crippen MR) is 82.4 cm³/mol. The number of hydrogen-bond acceptors (Lipinski definition) is 3. The Kier molecular flexibility index (Phi) is 5.70. The van der Waals surface area contributed by atoms with Gasteiger partial charge in [-0.25, -0.2) is 4.79 Å². The molecule has 4 N–H and O–H groups in total. The van der Waals surface area contributed by atoms with Gasteiger partial charge in [0.1, 0.15) is 5.54 Å². The molecule has 2 aliphatic rings. The molecule has 0 bridgehead atoms. The number of nitrogens with one attached hydrogen (secondary N) is 1. The van der Waals surface area contributed by atoms with Crippen molar-refractivity contribution in [2.75, 3.05) is 13.1 Å². The number of piperidine rings is 1. The lowest BCUT2D eigenvalue weighted by Gasteiger charge is -2.38. The molecular formula is C15H28N4O2. The van der Waals surface area contributed by atoms with E-state index in [2.05, 4.69) is 10.5 Å². The van der Waals surface area contributed by atoms with Crippen molar-refractivity contribution in [1.82, 2.24) is 10.2 Å². The number of urea groups is 1. The van der Waals surface area contributed by atoms with Crippen molar-refractivity contribution in [2.24, 2.45) is 10.9 Å². The topological polar surface area (TPSA) is 91.0 Å². The average Bonchev–Trinajstić information content (AvgIpc) is 2.50. The molecule has 2 fully saturated rings. The minimum Gasteiger partial charge on any atom is -0.409 e. The molecule has 0 spiro atoms. The van der Waals surface area contributed by atoms with E-state index in [1.807, 2.05) is 4.90 Å². The van der Waals surface area contributed by atoms with Gasteiger partial charge in [0.2, 0.25) is 0 Å². The van der Waals surface area contributed by atoms with Gasteiger partial charge in [0.05, 0.1) is 0 Å². The van der Waals surface area contributed by atoms with Gasteiger partial charge in [0.25, 0.3) is 0 Å². The van der Waals surface area contributed by atoms with Gasteiger partial charge in [-0.3, -0.25) is 0 Å². The van der Waals surface area contributed by atoms with E-state index in [0.29, 0.717) is 0 Å². The second kappa shape index (κ2) is 7.52. The van der Waals surface area contributed by atoms with E-state index in [9.17, 15) is 4.79 Å². The van der Waals surface area contributed by atoms with Crippen LogP contribution in [-0.2, 0) is 0 Å². The summed E-state index contributed by atoms with van der Waals surface area (Å²) in [6, 6.07) is -0.0677. The van der Waals surface area contributed by atoms with Crippen molar-refractivity contribution in [3.8, 4) is 0 Å². The highest BCUT2D eigenvalue weighted by molar-refractivity contribution is 5.93. The lowest BCUT2D eigenvalue weighted by molar-refractivity contribution is 0.173. The van der Waals surface area contributed by atoms with Crippen LogP contribution < -0.4 is 11.1 Å². The zero-order chi connectivity index (χ0) is 15.1. The number of amides is 2. The first-order valence-electron chi connectivity index (χ1n) is 8.23. The van der Waals surface area contributed by atoms with Crippen molar-refractivity contribution in [2.45, 2.75) is 69.7 Å². The molecule has 0 unspecified atom stereocenters. The summed E-state index contributed by atoms with van der Waals surface area (Å²) in [4.78, 5) is 14.4.